The summed E-state index contributed by atoms with van der Waals surface area (Å²) in [6.45, 7) is 11.5. The number of hydrogen-bond donors (Lipinski definition) is 1. The van der Waals surface area contributed by atoms with Gasteiger partial charge in [0.15, 0.2) is 0 Å². The van der Waals surface area contributed by atoms with Crippen molar-refractivity contribution in [1.82, 2.24) is 15.1 Å². The third-order valence-electron chi connectivity index (χ3n) is 5.11. The molecule has 2 atom stereocenters. The first-order valence-corrected chi connectivity index (χ1v) is 9.01. The Morgan fingerprint density at radius 1 is 1.10 bits per heavy atom. The second-order valence-electron chi connectivity index (χ2n) is 6.77. The van der Waals surface area contributed by atoms with Gasteiger partial charge in [0.25, 0.3) is 0 Å². The predicted molar refractivity (Wildman–Crippen MR) is 88.8 cm³/mol. The minimum absolute atomic E-state index is 0.442. The normalized spacial score (nSPS) is 28.6. The van der Waals surface area contributed by atoms with Gasteiger partial charge in [0, 0.05) is 19.1 Å². The number of piperidine rings is 1. The molecule has 0 bridgehead atoms. The van der Waals surface area contributed by atoms with Gasteiger partial charge in [-0.25, -0.2) is 0 Å². The van der Waals surface area contributed by atoms with Crippen LogP contribution in [0.25, 0.3) is 0 Å². The zero-order valence-corrected chi connectivity index (χ0v) is 14.3. The van der Waals surface area contributed by atoms with Crippen LogP contribution in [0.5, 0.6) is 0 Å². The molecule has 4 heteroatoms. The highest BCUT2D eigenvalue weighted by Gasteiger charge is 2.28. The third kappa shape index (κ3) is 5.51. The molecule has 0 aromatic rings. The molecule has 0 amide bonds. The minimum atomic E-state index is 0.442. The summed E-state index contributed by atoms with van der Waals surface area (Å²) in [6, 6.07) is 0.758. The summed E-state index contributed by atoms with van der Waals surface area (Å²) in [4.78, 5) is 5.12. The van der Waals surface area contributed by atoms with Crippen molar-refractivity contribution in [2.24, 2.45) is 0 Å². The number of ether oxygens (including phenoxy) is 1. The summed E-state index contributed by atoms with van der Waals surface area (Å²) in [5.41, 5.74) is 0. The van der Waals surface area contributed by atoms with E-state index < -0.39 is 0 Å². The van der Waals surface area contributed by atoms with Gasteiger partial charge < -0.3 is 19.9 Å². The molecule has 0 aliphatic carbocycles. The van der Waals surface area contributed by atoms with E-state index in [1.165, 1.54) is 51.7 Å². The Kier molecular flexibility index (Phi) is 7.44. The molecule has 1 N–H and O–H groups in total. The van der Waals surface area contributed by atoms with Crippen LogP contribution >= 0.6 is 0 Å². The van der Waals surface area contributed by atoms with E-state index >= 15 is 0 Å². The molecule has 124 valence electrons. The first-order valence-electron chi connectivity index (χ1n) is 9.01. The van der Waals surface area contributed by atoms with E-state index in [0.29, 0.717) is 12.2 Å². The topological polar surface area (TPSA) is 27.7 Å². The molecule has 4 nitrogen and oxygen atoms in total. The van der Waals surface area contributed by atoms with E-state index in [4.69, 9.17) is 4.74 Å². The molecule has 2 saturated heterocycles. The second kappa shape index (κ2) is 9.09. The van der Waals surface area contributed by atoms with E-state index in [1.54, 1.807) is 0 Å². The fraction of sp³-hybridized carbons (Fsp3) is 1.00. The Bertz CT molecular complexity index is 279. The molecule has 0 spiro atoms. The van der Waals surface area contributed by atoms with Crippen molar-refractivity contribution in [3.63, 3.8) is 0 Å². The van der Waals surface area contributed by atoms with Crippen molar-refractivity contribution in [2.75, 3.05) is 46.3 Å². The van der Waals surface area contributed by atoms with Crippen LogP contribution in [-0.4, -0.2) is 74.4 Å². The molecule has 0 radical (unpaired) electrons. The summed E-state index contributed by atoms with van der Waals surface area (Å²) in [5.74, 6) is 0. The van der Waals surface area contributed by atoms with Gasteiger partial charge in [0.05, 0.1) is 12.2 Å². The van der Waals surface area contributed by atoms with Gasteiger partial charge >= 0.3 is 0 Å². The molecule has 2 fully saturated rings. The maximum atomic E-state index is 6.20. The lowest BCUT2D eigenvalue weighted by atomic mass is 10.0. The number of hydrogen-bond acceptors (Lipinski definition) is 4. The van der Waals surface area contributed by atoms with Crippen LogP contribution in [0.3, 0.4) is 0 Å². The summed E-state index contributed by atoms with van der Waals surface area (Å²) < 4.78 is 6.20. The quantitative estimate of drug-likeness (QED) is 0.693. The van der Waals surface area contributed by atoms with Gasteiger partial charge in [-0.1, -0.05) is 13.8 Å². The number of nitrogens with one attached hydrogen (secondary N) is 1. The van der Waals surface area contributed by atoms with E-state index in [0.717, 1.165) is 25.7 Å². The summed E-state index contributed by atoms with van der Waals surface area (Å²) in [5, 5.41) is 3.48. The van der Waals surface area contributed by atoms with E-state index in [1.807, 2.05) is 0 Å². The zero-order chi connectivity index (χ0) is 15.1. The minimum Gasteiger partial charge on any atom is -0.372 e. The molecular weight excluding hydrogens is 262 g/mol. The SMILES string of the molecule is CCCNCC1CCC(CN(C)C2CCN(CC)CC2)O1. The Balaban J connectivity index is 1.63. The van der Waals surface area contributed by atoms with Crippen LogP contribution in [0.2, 0.25) is 0 Å². The lowest BCUT2D eigenvalue weighted by molar-refractivity contribution is 0.0137. The van der Waals surface area contributed by atoms with Crippen molar-refractivity contribution in [1.29, 1.82) is 0 Å². The zero-order valence-electron chi connectivity index (χ0n) is 14.3. The largest absolute Gasteiger partial charge is 0.372 e. The van der Waals surface area contributed by atoms with Crippen LogP contribution in [0.1, 0.15) is 46.0 Å². The predicted octanol–water partition coefficient (Wildman–Crippen LogP) is 1.95. The molecule has 2 rings (SSSR count). The molecule has 2 unspecified atom stereocenters. The van der Waals surface area contributed by atoms with Crippen molar-refractivity contribution >= 4 is 0 Å². The monoisotopic (exact) mass is 297 g/mol. The fourth-order valence-corrected chi connectivity index (χ4v) is 3.65. The maximum absolute atomic E-state index is 6.20. The average molecular weight is 297 g/mol. The second-order valence-corrected chi connectivity index (χ2v) is 6.77. The van der Waals surface area contributed by atoms with Gasteiger partial charge in [0.2, 0.25) is 0 Å². The van der Waals surface area contributed by atoms with Gasteiger partial charge in [0.1, 0.15) is 0 Å². The number of nitrogens with zero attached hydrogens (tertiary/aromatic N) is 2. The highest BCUT2D eigenvalue weighted by Crippen LogP contribution is 2.22. The first kappa shape index (κ1) is 17.2. The molecule has 21 heavy (non-hydrogen) atoms. The molecule has 2 aliphatic rings. The lowest BCUT2D eigenvalue weighted by Crippen LogP contribution is -2.45. The summed E-state index contributed by atoms with van der Waals surface area (Å²) in [7, 11) is 2.29. The number of rotatable bonds is 8. The number of likely N-dealkylation sites (tertiary alicyclic amines) is 1. The highest BCUT2D eigenvalue weighted by atomic mass is 16.5. The highest BCUT2D eigenvalue weighted by molar-refractivity contribution is 4.82. The first-order chi connectivity index (χ1) is 10.2. The van der Waals surface area contributed by atoms with Gasteiger partial charge in [-0.2, -0.15) is 0 Å². The van der Waals surface area contributed by atoms with Crippen LogP contribution < -0.4 is 5.32 Å². The summed E-state index contributed by atoms with van der Waals surface area (Å²) >= 11 is 0. The molecule has 0 aromatic heterocycles. The lowest BCUT2D eigenvalue weighted by Gasteiger charge is -2.37. The van der Waals surface area contributed by atoms with Crippen molar-refractivity contribution < 1.29 is 4.74 Å². The Labute approximate surface area is 131 Å². The fourth-order valence-electron chi connectivity index (χ4n) is 3.65. The smallest absolute Gasteiger partial charge is 0.0707 e. The maximum Gasteiger partial charge on any atom is 0.0707 e. The Hall–Kier alpha value is -0.160. The van der Waals surface area contributed by atoms with E-state index in [-0.39, 0.29) is 0 Å². The molecule has 2 heterocycles. The van der Waals surface area contributed by atoms with Gasteiger partial charge in [-0.3, -0.25) is 0 Å². The Morgan fingerprint density at radius 2 is 1.81 bits per heavy atom. The molecule has 2 aliphatic heterocycles. The van der Waals surface area contributed by atoms with Crippen LogP contribution in [0.4, 0.5) is 0 Å². The Morgan fingerprint density at radius 3 is 2.48 bits per heavy atom. The standard InChI is InChI=1S/C17H35N3O/c1-4-10-18-13-16-6-7-17(21-16)14-19(3)15-8-11-20(5-2)12-9-15/h15-18H,4-14H2,1-3H3. The number of likely N-dealkylation sites (N-methyl/N-ethyl adjacent to an activating group) is 1. The van der Waals surface area contributed by atoms with Crippen LogP contribution in [-0.2, 0) is 4.74 Å². The van der Waals surface area contributed by atoms with Crippen LogP contribution in [0, 0.1) is 0 Å². The van der Waals surface area contributed by atoms with Crippen molar-refractivity contribution in [3.8, 4) is 0 Å². The molecular formula is C17H35N3O. The van der Waals surface area contributed by atoms with E-state index in [2.05, 4.69) is 36.0 Å². The van der Waals surface area contributed by atoms with Gasteiger partial charge in [-0.05, 0) is 65.3 Å². The average Bonchev–Trinajstić information content (AvgIpc) is 2.95. The van der Waals surface area contributed by atoms with Crippen molar-refractivity contribution in [2.45, 2.75) is 64.2 Å². The van der Waals surface area contributed by atoms with Crippen molar-refractivity contribution in [3.05, 3.63) is 0 Å². The van der Waals surface area contributed by atoms with Gasteiger partial charge in [-0.15, -0.1) is 0 Å². The third-order valence-corrected chi connectivity index (χ3v) is 5.11. The van der Waals surface area contributed by atoms with Crippen LogP contribution in [0.15, 0.2) is 0 Å². The van der Waals surface area contributed by atoms with E-state index in [9.17, 15) is 0 Å². The molecule has 0 saturated carbocycles. The summed E-state index contributed by atoms with van der Waals surface area (Å²) in [6.07, 6.45) is 7.19. The molecule has 0 aromatic carbocycles.